The number of halogens is 1. The number of ketones is 1. The zero-order valence-corrected chi connectivity index (χ0v) is 26.3. The van der Waals surface area contributed by atoms with Crippen molar-refractivity contribution in [2.45, 2.75) is 103 Å². The number of nitrogens with one attached hydrogen (secondary N) is 2. The van der Waals surface area contributed by atoms with Crippen molar-refractivity contribution in [1.29, 1.82) is 0 Å². The quantitative estimate of drug-likeness (QED) is 0.184. The Bertz CT molecular complexity index is 1390. The number of allylic oxidation sites excluding steroid dienone is 2. The van der Waals surface area contributed by atoms with Crippen LogP contribution in [-0.4, -0.2) is 23.1 Å². The molecule has 0 amide bonds. The number of aryl methyl sites for hydroxylation is 1. The SMILES string of the molecule is COc1ccc(-c2n[nH]c3c2C(CCCCCCCCCCCc2ccccc2Cl)C2=C(CC(C)(C)CC2=O)N3)cc1. The topological polar surface area (TPSA) is 67.0 Å². The van der Waals surface area contributed by atoms with Crippen molar-refractivity contribution in [1.82, 2.24) is 10.2 Å². The number of hydrogen-bond donors (Lipinski definition) is 2. The summed E-state index contributed by atoms with van der Waals surface area (Å²) in [6, 6.07) is 16.2. The molecule has 2 N–H and O–H groups in total. The average molecular weight is 588 g/mol. The lowest BCUT2D eigenvalue weighted by Crippen LogP contribution is -2.33. The molecule has 0 spiro atoms. The maximum atomic E-state index is 13.5. The van der Waals surface area contributed by atoms with Gasteiger partial charge in [0, 0.05) is 39.8 Å². The van der Waals surface area contributed by atoms with Crippen molar-refractivity contribution >= 4 is 23.2 Å². The molecule has 0 fully saturated rings. The molecule has 2 heterocycles. The van der Waals surface area contributed by atoms with Gasteiger partial charge in [-0.2, -0.15) is 5.10 Å². The molecule has 224 valence electrons. The molecule has 0 bridgehead atoms. The van der Waals surface area contributed by atoms with Crippen molar-refractivity contribution in [3.05, 3.63) is 76.0 Å². The second-order valence-electron chi connectivity index (χ2n) is 12.9. The third-order valence-corrected chi connectivity index (χ3v) is 9.33. The minimum Gasteiger partial charge on any atom is -0.497 e. The van der Waals surface area contributed by atoms with E-state index in [0.29, 0.717) is 12.2 Å². The predicted octanol–water partition coefficient (Wildman–Crippen LogP) is 10.0. The van der Waals surface area contributed by atoms with Crippen LogP contribution >= 0.6 is 11.6 Å². The summed E-state index contributed by atoms with van der Waals surface area (Å²) in [5, 5.41) is 12.5. The van der Waals surface area contributed by atoms with Crippen LogP contribution < -0.4 is 10.1 Å². The zero-order valence-electron chi connectivity index (χ0n) is 25.5. The number of hydrogen-bond acceptors (Lipinski definition) is 4. The molecular weight excluding hydrogens is 542 g/mol. The van der Waals surface area contributed by atoms with Gasteiger partial charge in [0.05, 0.1) is 12.8 Å². The Morgan fingerprint density at radius 1 is 0.905 bits per heavy atom. The fraction of sp³-hybridized carbons (Fsp3) is 0.500. The number of fused-ring (bicyclic) bond motifs is 1. The van der Waals surface area contributed by atoms with Crippen LogP contribution in [0.3, 0.4) is 0 Å². The molecule has 0 saturated carbocycles. The highest BCUT2D eigenvalue weighted by Crippen LogP contribution is 2.50. The van der Waals surface area contributed by atoms with Crippen LogP contribution in [0.5, 0.6) is 5.75 Å². The number of carbonyl (C=O) groups is 1. The van der Waals surface area contributed by atoms with Gasteiger partial charge < -0.3 is 10.1 Å². The van der Waals surface area contributed by atoms with Gasteiger partial charge in [-0.1, -0.05) is 95.0 Å². The van der Waals surface area contributed by atoms with E-state index in [1.165, 1.54) is 56.9 Å². The fourth-order valence-corrected chi connectivity index (χ4v) is 7.02. The Balaban J connectivity index is 1.14. The lowest BCUT2D eigenvalue weighted by molar-refractivity contribution is -0.118. The number of aromatic amines is 1. The monoisotopic (exact) mass is 587 g/mol. The Morgan fingerprint density at radius 3 is 2.26 bits per heavy atom. The van der Waals surface area contributed by atoms with Gasteiger partial charge in [-0.15, -0.1) is 0 Å². The van der Waals surface area contributed by atoms with Crippen molar-refractivity contribution in [2.24, 2.45) is 5.41 Å². The van der Waals surface area contributed by atoms with Gasteiger partial charge in [0.15, 0.2) is 5.78 Å². The Hall–Kier alpha value is -3.05. The van der Waals surface area contributed by atoms with Gasteiger partial charge in [0.2, 0.25) is 0 Å². The molecule has 1 unspecified atom stereocenters. The maximum absolute atomic E-state index is 13.5. The summed E-state index contributed by atoms with van der Waals surface area (Å²) in [5.41, 5.74) is 6.45. The van der Waals surface area contributed by atoms with E-state index in [1.807, 2.05) is 24.3 Å². The number of carbonyl (C=O) groups excluding carboxylic acids is 1. The van der Waals surface area contributed by atoms with Gasteiger partial charge in [-0.3, -0.25) is 9.89 Å². The standard InChI is InChI=1S/C36H46ClN3O2/c1-36(2)23-30-32(31(41)24-36)28(33-34(39-40-35(33)38-30)26-19-21-27(42-3)22-20-26)17-12-10-8-6-4-5-7-9-11-15-25-16-13-14-18-29(25)37/h13-14,16,18-22,28H,4-12,15,17,23-24H2,1-3H3,(H2,38,39,40). The number of ether oxygens (including phenoxy) is 1. The molecule has 6 heteroatoms. The van der Waals surface area contributed by atoms with E-state index in [0.717, 1.165) is 70.4 Å². The summed E-state index contributed by atoms with van der Waals surface area (Å²) in [6.45, 7) is 4.38. The van der Waals surface area contributed by atoms with Crippen LogP contribution in [0.2, 0.25) is 5.02 Å². The number of unbranched alkanes of at least 4 members (excludes halogenated alkanes) is 8. The lowest BCUT2D eigenvalue weighted by atomic mass is 9.69. The van der Waals surface area contributed by atoms with E-state index in [-0.39, 0.29) is 11.3 Å². The van der Waals surface area contributed by atoms with E-state index >= 15 is 0 Å². The molecule has 0 radical (unpaired) electrons. The average Bonchev–Trinajstić information content (AvgIpc) is 3.39. The first kappa shape index (κ1) is 30.4. The van der Waals surface area contributed by atoms with Crippen molar-refractivity contribution in [3.63, 3.8) is 0 Å². The number of aromatic nitrogens is 2. The van der Waals surface area contributed by atoms with Crippen LogP contribution in [0, 0.1) is 5.41 Å². The van der Waals surface area contributed by atoms with E-state index < -0.39 is 0 Å². The molecule has 1 atom stereocenters. The van der Waals surface area contributed by atoms with Crippen LogP contribution in [0.15, 0.2) is 59.8 Å². The number of anilines is 1. The Labute approximate surface area is 256 Å². The smallest absolute Gasteiger partial charge is 0.161 e. The van der Waals surface area contributed by atoms with Crippen LogP contribution in [0.1, 0.15) is 108 Å². The normalized spacial score (nSPS) is 17.5. The second kappa shape index (κ2) is 13.9. The minimum atomic E-state index is -0.0294. The molecule has 3 aromatic rings. The second-order valence-corrected chi connectivity index (χ2v) is 13.3. The van der Waals surface area contributed by atoms with Crippen molar-refractivity contribution in [3.8, 4) is 17.0 Å². The van der Waals surface area contributed by atoms with Crippen LogP contribution in [0.25, 0.3) is 11.3 Å². The highest BCUT2D eigenvalue weighted by atomic mass is 35.5. The van der Waals surface area contributed by atoms with Crippen LogP contribution in [-0.2, 0) is 11.2 Å². The number of rotatable bonds is 14. The number of Topliss-reactive ketones (excluding diaryl/α,β-unsaturated/α-hetero) is 1. The molecule has 1 aliphatic carbocycles. The summed E-state index contributed by atoms with van der Waals surface area (Å²) in [5.74, 6) is 2.14. The van der Waals surface area contributed by atoms with Gasteiger partial charge in [0.1, 0.15) is 11.6 Å². The highest BCUT2D eigenvalue weighted by molar-refractivity contribution is 6.31. The Morgan fingerprint density at radius 2 is 1.57 bits per heavy atom. The molecule has 42 heavy (non-hydrogen) atoms. The van der Waals surface area contributed by atoms with Crippen molar-refractivity contribution in [2.75, 3.05) is 12.4 Å². The third kappa shape index (κ3) is 7.29. The first-order valence-electron chi connectivity index (χ1n) is 15.9. The summed E-state index contributed by atoms with van der Waals surface area (Å²) in [6.07, 6.45) is 14.8. The lowest BCUT2D eigenvalue weighted by Gasteiger charge is -2.38. The number of H-pyrrole nitrogens is 1. The zero-order chi connectivity index (χ0) is 29.5. The van der Waals surface area contributed by atoms with E-state index in [2.05, 4.69) is 48.5 Å². The summed E-state index contributed by atoms with van der Waals surface area (Å²) in [4.78, 5) is 13.5. The number of methoxy groups -OCH3 is 1. The maximum Gasteiger partial charge on any atom is 0.161 e. The summed E-state index contributed by atoms with van der Waals surface area (Å²) >= 11 is 6.28. The summed E-state index contributed by atoms with van der Waals surface area (Å²) in [7, 11) is 1.68. The van der Waals surface area contributed by atoms with E-state index in [9.17, 15) is 4.79 Å². The first-order chi connectivity index (χ1) is 20.4. The first-order valence-corrected chi connectivity index (χ1v) is 16.2. The van der Waals surface area contributed by atoms with E-state index in [1.54, 1.807) is 7.11 Å². The molecule has 5 rings (SSSR count). The number of nitrogens with zero attached hydrogens (tertiary/aromatic N) is 1. The molecule has 2 aliphatic rings. The summed E-state index contributed by atoms with van der Waals surface area (Å²) < 4.78 is 5.37. The van der Waals surface area contributed by atoms with Gasteiger partial charge in [-0.05, 0) is 67.0 Å². The van der Waals surface area contributed by atoms with Gasteiger partial charge in [-0.25, -0.2) is 0 Å². The molecule has 2 aromatic carbocycles. The molecular formula is C36H46ClN3O2. The fourth-order valence-electron chi connectivity index (χ4n) is 6.79. The highest BCUT2D eigenvalue weighted by Gasteiger charge is 2.41. The largest absolute Gasteiger partial charge is 0.497 e. The molecule has 1 aromatic heterocycles. The Kier molecular flexibility index (Phi) is 10.1. The van der Waals surface area contributed by atoms with Gasteiger partial charge >= 0.3 is 0 Å². The van der Waals surface area contributed by atoms with E-state index in [4.69, 9.17) is 21.4 Å². The molecule has 5 nitrogen and oxygen atoms in total. The molecule has 0 saturated heterocycles. The van der Waals surface area contributed by atoms with Gasteiger partial charge in [0.25, 0.3) is 0 Å². The minimum absolute atomic E-state index is 0.0294. The molecule has 1 aliphatic heterocycles. The predicted molar refractivity (Wildman–Crippen MR) is 173 cm³/mol. The van der Waals surface area contributed by atoms with Crippen molar-refractivity contribution < 1.29 is 9.53 Å². The number of benzene rings is 2. The third-order valence-electron chi connectivity index (χ3n) is 8.96. The van der Waals surface area contributed by atoms with Crippen LogP contribution in [0.4, 0.5) is 5.82 Å².